The molecule has 0 unspecified atom stereocenters. The zero-order valence-electron chi connectivity index (χ0n) is 15.8. The summed E-state index contributed by atoms with van der Waals surface area (Å²) in [7, 11) is 3.26. The summed E-state index contributed by atoms with van der Waals surface area (Å²) in [4.78, 5) is 8.80. The number of aryl methyl sites for hydroxylation is 1. The molecule has 2 N–H and O–H groups in total. The lowest BCUT2D eigenvalue weighted by Gasteiger charge is -2.11. The minimum absolute atomic E-state index is 0.552. The molecule has 1 heterocycles. The van der Waals surface area contributed by atoms with E-state index in [2.05, 4.69) is 39.7 Å². The first-order valence-corrected chi connectivity index (χ1v) is 8.85. The van der Waals surface area contributed by atoms with Gasteiger partial charge in [0.25, 0.3) is 0 Å². The van der Waals surface area contributed by atoms with Crippen LogP contribution in [0.15, 0.2) is 54.7 Å². The van der Waals surface area contributed by atoms with Crippen LogP contribution >= 0.6 is 0 Å². The Bertz CT molecular complexity index is 882. The quantitative estimate of drug-likeness (QED) is 0.617. The minimum Gasteiger partial charge on any atom is -0.493 e. The number of nitrogens with zero attached hydrogens (tertiary/aromatic N) is 2. The molecule has 3 aromatic rings. The fraction of sp³-hybridized carbons (Fsp3) is 0.238. The Morgan fingerprint density at radius 2 is 1.63 bits per heavy atom. The van der Waals surface area contributed by atoms with E-state index < -0.39 is 0 Å². The highest BCUT2D eigenvalue weighted by atomic mass is 16.5. The topological polar surface area (TPSA) is 68.3 Å². The van der Waals surface area contributed by atoms with Gasteiger partial charge in [0.15, 0.2) is 11.5 Å². The van der Waals surface area contributed by atoms with Crippen molar-refractivity contribution in [3.63, 3.8) is 0 Å². The molecule has 0 amide bonds. The molecule has 0 saturated carbocycles. The van der Waals surface area contributed by atoms with Crippen molar-refractivity contribution < 1.29 is 9.47 Å². The van der Waals surface area contributed by atoms with E-state index in [1.165, 1.54) is 5.56 Å². The summed E-state index contributed by atoms with van der Waals surface area (Å²) in [5.74, 6) is 2.71. The fourth-order valence-electron chi connectivity index (χ4n) is 2.65. The van der Waals surface area contributed by atoms with Gasteiger partial charge in [-0.05, 0) is 47.9 Å². The molecule has 6 nitrogen and oxygen atoms in total. The van der Waals surface area contributed by atoms with Crippen LogP contribution in [0.4, 0.5) is 17.5 Å². The maximum absolute atomic E-state index is 5.34. The first-order valence-electron chi connectivity index (χ1n) is 8.85. The molecule has 0 fully saturated rings. The molecule has 0 aliphatic heterocycles. The van der Waals surface area contributed by atoms with E-state index in [4.69, 9.17) is 9.47 Å². The molecule has 140 valence electrons. The van der Waals surface area contributed by atoms with Crippen molar-refractivity contribution in [2.45, 2.75) is 19.9 Å². The number of nitrogens with one attached hydrogen (secondary N) is 2. The van der Waals surface area contributed by atoms with Gasteiger partial charge in [-0.1, -0.05) is 25.1 Å². The number of benzene rings is 2. The van der Waals surface area contributed by atoms with Crippen LogP contribution in [-0.2, 0) is 13.0 Å². The molecule has 0 bridgehead atoms. The normalized spacial score (nSPS) is 10.3. The molecule has 27 heavy (non-hydrogen) atoms. The maximum atomic E-state index is 5.34. The fourth-order valence-corrected chi connectivity index (χ4v) is 2.65. The number of methoxy groups -OCH3 is 2. The van der Waals surface area contributed by atoms with Gasteiger partial charge >= 0.3 is 0 Å². The molecule has 0 atom stereocenters. The summed E-state index contributed by atoms with van der Waals surface area (Å²) in [5.41, 5.74) is 3.33. The van der Waals surface area contributed by atoms with Crippen molar-refractivity contribution in [3.05, 3.63) is 65.9 Å². The van der Waals surface area contributed by atoms with Gasteiger partial charge in [-0.25, -0.2) is 4.98 Å². The van der Waals surface area contributed by atoms with Crippen LogP contribution in [0.3, 0.4) is 0 Å². The zero-order chi connectivity index (χ0) is 19.1. The Hall–Kier alpha value is -3.28. The number of hydrogen-bond donors (Lipinski definition) is 2. The molecule has 0 aliphatic carbocycles. The monoisotopic (exact) mass is 364 g/mol. The largest absolute Gasteiger partial charge is 0.493 e. The average Bonchev–Trinajstić information content (AvgIpc) is 2.73. The molecular weight excluding hydrogens is 340 g/mol. The molecule has 6 heteroatoms. The van der Waals surface area contributed by atoms with Crippen LogP contribution in [-0.4, -0.2) is 24.2 Å². The lowest BCUT2D eigenvalue weighted by molar-refractivity contribution is 0.354. The van der Waals surface area contributed by atoms with Crippen LogP contribution in [0.5, 0.6) is 11.5 Å². The van der Waals surface area contributed by atoms with Crippen molar-refractivity contribution in [1.82, 2.24) is 9.97 Å². The van der Waals surface area contributed by atoms with Gasteiger partial charge in [0, 0.05) is 18.4 Å². The third-order valence-electron chi connectivity index (χ3n) is 4.20. The number of aromatic nitrogens is 2. The predicted molar refractivity (Wildman–Crippen MR) is 108 cm³/mol. The van der Waals surface area contributed by atoms with Crippen LogP contribution in [0.2, 0.25) is 0 Å². The first-order chi connectivity index (χ1) is 13.2. The second-order valence-corrected chi connectivity index (χ2v) is 5.98. The van der Waals surface area contributed by atoms with E-state index >= 15 is 0 Å². The first kappa shape index (κ1) is 18.5. The third kappa shape index (κ3) is 4.88. The van der Waals surface area contributed by atoms with Crippen LogP contribution in [0.1, 0.15) is 18.1 Å². The third-order valence-corrected chi connectivity index (χ3v) is 4.20. The molecule has 1 aromatic heterocycles. The Morgan fingerprint density at radius 3 is 2.33 bits per heavy atom. The Labute approximate surface area is 159 Å². The Morgan fingerprint density at radius 1 is 0.889 bits per heavy atom. The molecule has 0 spiro atoms. The van der Waals surface area contributed by atoms with Crippen molar-refractivity contribution in [3.8, 4) is 11.5 Å². The minimum atomic E-state index is 0.552. The number of hydrogen-bond acceptors (Lipinski definition) is 6. The lowest BCUT2D eigenvalue weighted by atomic mass is 10.1. The van der Waals surface area contributed by atoms with Crippen molar-refractivity contribution in [2.75, 3.05) is 24.9 Å². The summed E-state index contributed by atoms with van der Waals surface area (Å²) in [5, 5.41) is 6.54. The SMILES string of the molecule is CCc1ccc(Nc2nccc(NCc3ccc(OC)c(OC)c3)n2)cc1. The van der Waals surface area contributed by atoms with Crippen LogP contribution in [0, 0.1) is 0 Å². The highest BCUT2D eigenvalue weighted by Gasteiger charge is 2.05. The van der Waals surface area contributed by atoms with E-state index in [9.17, 15) is 0 Å². The van der Waals surface area contributed by atoms with E-state index in [0.29, 0.717) is 24.0 Å². The molecule has 3 rings (SSSR count). The molecule has 0 radical (unpaired) electrons. The highest BCUT2D eigenvalue weighted by Crippen LogP contribution is 2.27. The van der Waals surface area contributed by atoms with Gasteiger partial charge in [-0.3, -0.25) is 0 Å². The average molecular weight is 364 g/mol. The van der Waals surface area contributed by atoms with Gasteiger partial charge in [-0.2, -0.15) is 4.98 Å². The van der Waals surface area contributed by atoms with Crippen LogP contribution < -0.4 is 20.1 Å². The van der Waals surface area contributed by atoms with E-state index in [0.717, 1.165) is 23.5 Å². The molecule has 2 aromatic carbocycles. The van der Waals surface area contributed by atoms with Crippen molar-refractivity contribution in [1.29, 1.82) is 0 Å². The summed E-state index contributed by atoms with van der Waals surface area (Å²) < 4.78 is 10.6. The predicted octanol–water partition coefficient (Wildman–Crippen LogP) is 4.41. The van der Waals surface area contributed by atoms with Gasteiger partial charge in [0.05, 0.1) is 14.2 Å². The number of rotatable bonds is 8. The summed E-state index contributed by atoms with van der Waals surface area (Å²) >= 11 is 0. The van der Waals surface area contributed by atoms with Crippen molar-refractivity contribution in [2.24, 2.45) is 0 Å². The Balaban J connectivity index is 1.65. The molecule has 0 saturated heterocycles. The second kappa shape index (κ2) is 8.89. The molecular formula is C21H24N4O2. The number of anilines is 3. The highest BCUT2D eigenvalue weighted by molar-refractivity contribution is 5.55. The standard InChI is InChI=1S/C21H24N4O2/c1-4-15-5-8-17(9-6-15)24-21-22-12-11-20(25-21)23-14-16-7-10-18(26-2)19(13-16)27-3/h5-13H,4,14H2,1-3H3,(H2,22,23,24,25). The summed E-state index contributed by atoms with van der Waals surface area (Å²) in [6, 6.07) is 15.9. The Kier molecular flexibility index (Phi) is 6.10. The van der Waals surface area contributed by atoms with E-state index in [1.807, 2.05) is 36.4 Å². The van der Waals surface area contributed by atoms with Gasteiger partial charge in [0.1, 0.15) is 5.82 Å². The van der Waals surface area contributed by atoms with Gasteiger partial charge in [-0.15, -0.1) is 0 Å². The maximum Gasteiger partial charge on any atom is 0.229 e. The number of ether oxygens (including phenoxy) is 2. The van der Waals surface area contributed by atoms with Crippen molar-refractivity contribution >= 4 is 17.5 Å². The second-order valence-electron chi connectivity index (χ2n) is 5.98. The summed E-state index contributed by atoms with van der Waals surface area (Å²) in [6.07, 6.45) is 2.75. The van der Waals surface area contributed by atoms with E-state index in [1.54, 1.807) is 20.4 Å². The molecule has 0 aliphatic rings. The lowest BCUT2D eigenvalue weighted by Crippen LogP contribution is -2.04. The zero-order valence-corrected chi connectivity index (χ0v) is 15.8. The van der Waals surface area contributed by atoms with E-state index in [-0.39, 0.29) is 0 Å². The smallest absolute Gasteiger partial charge is 0.229 e. The summed E-state index contributed by atoms with van der Waals surface area (Å²) in [6.45, 7) is 2.75. The van der Waals surface area contributed by atoms with Crippen LogP contribution in [0.25, 0.3) is 0 Å². The van der Waals surface area contributed by atoms with Gasteiger partial charge in [0.2, 0.25) is 5.95 Å². The van der Waals surface area contributed by atoms with Gasteiger partial charge < -0.3 is 20.1 Å².